The quantitative estimate of drug-likeness (QED) is 0.473. The van der Waals surface area contributed by atoms with E-state index in [0.29, 0.717) is 25.1 Å². The van der Waals surface area contributed by atoms with Crippen LogP contribution in [0.15, 0.2) is 17.3 Å². The maximum atomic E-state index is 11.2. The van der Waals surface area contributed by atoms with E-state index >= 15 is 0 Å². The Hall–Kier alpha value is -1.49. The molecule has 1 heterocycles. The molecule has 0 aromatic carbocycles. The molecule has 1 aliphatic rings. The molecule has 2 amide bonds. The zero-order valence-corrected chi connectivity index (χ0v) is 7.88. The predicted octanol–water partition coefficient (Wildman–Crippen LogP) is -0.405. The molecule has 0 aliphatic carbocycles. The smallest absolute Gasteiger partial charge is 0.243 e. The van der Waals surface area contributed by atoms with E-state index in [2.05, 4.69) is 28.9 Å². The molecule has 0 spiro atoms. The molecule has 0 aromatic rings. The molecule has 0 bridgehead atoms. The van der Waals surface area contributed by atoms with E-state index in [1.165, 1.54) is 0 Å². The Labute approximate surface area is 82.3 Å². The first-order chi connectivity index (χ1) is 6.63. The molecule has 1 unspecified atom stereocenters. The highest BCUT2D eigenvalue weighted by Gasteiger charge is 2.25. The standard InChI is InChI=1S/C9H13N3O2/c1-6(10-2)5-11-7-3-4-8(13)12-9(7)14/h7,11H,1-5H2,(H,12,13,14). The predicted molar refractivity (Wildman–Crippen MR) is 52.9 cm³/mol. The Morgan fingerprint density at radius 2 is 2.36 bits per heavy atom. The van der Waals surface area contributed by atoms with Crippen molar-refractivity contribution in [1.29, 1.82) is 0 Å². The molecule has 2 N–H and O–H groups in total. The van der Waals surface area contributed by atoms with Crippen molar-refractivity contribution >= 4 is 18.5 Å². The molecule has 1 saturated heterocycles. The van der Waals surface area contributed by atoms with Gasteiger partial charge in [-0.15, -0.1) is 0 Å². The van der Waals surface area contributed by atoms with E-state index in [1.807, 2.05) is 0 Å². The average molecular weight is 195 g/mol. The van der Waals surface area contributed by atoms with Crippen molar-refractivity contribution in [3.8, 4) is 0 Å². The van der Waals surface area contributed by atoms with Gasteiger partial charge in [-0.25, -0.2) is 0 Å². The van der Waals surface area contributed by atoms with Crippen LogP contribution in [0.25, 0.3) is 0 Å². The molecular weight excluding hydrogens is 182 g/mol. The summed E-state index contributed by atoms with van der Waals surface area (Å²) in [4.78, 5) is 25.7. The first-order valence-corrected chi connectivity index (χ1v) is 4.35. The lowest BCUT2D eigenvalue weighted by Crippen LogP contribution is -2.50. The highest BCUT2D eigenvalue weighted by atomic mass is 16.2. The minimum Gasteiger partial charge on any atom is -0.300 e. The summed E-state index contributed by atoms with van der Waals surface area (Å²) in [6, 6.07) is -0.328. The van der Waals surface area contributed by atoms with E-state index < -0.39 is 0 Å². The lowest BCUT2D eigenvalue weighted by molar-refractivity contribution is -0.134. The Kier molecular flexibility index (Phi) is 3.53. The van der Waals surface area contributed by atoms with Gasteiger partial charge in [0.1, 0.15) is 0 Å². The fraction of sp³-hybridized carbons (Fsp3) is 0.444. The number of amides is 2. The largest absolute Gasteiger partial charge is 0.300 e. The van der Waals surface area contributed by atoms with Gasteiger partial charge in [0.15, 0.2) is 0 Å². The van der Waals surface area contributed by atoms with Crippen molar-refractivity contribution in [1.82, 2.24) is 10.6 Å². The van der Waals surface area contributed by atoms with Crippen LogP contribution < -0.4 is 10.6 Å². The topological polar surface area (TPSA) is 70.6 Å². The van der Waals surface area contributed by atoms with Gasteiger partial charge in [-0.2, -0.15) is 0 Å². The van der Waals surface area contributed by atoms with Crippen LogP contribution in [0.1, 0.15) is 12.8 Å². The van der Waals surface area contributed by atoms with Crippen molar-refractivity contribution in [3.05, 3.63) is 12.3 Å². The molecule has 1 atom stereocenters. The van der Waals surface area contributed by atoms with Gasteiger partial charge in [-0.05, 0) is 13.1 Å². The van der Waals surface area contributed by atoms with Crippen molar-refractivity contribution in [3.63, 3.8) is 0 Å². The Morgan fingerprint density at radius 1 is 1.64 bits per heavy atom. The van der Waals surface area contributed by atoms with Gasteiger partial charge in [0.25, 0.3) is 0 Å². The molecule has 0 saturated carbocycles. The summed E-state index contributed by atoms with van der Waals surface area (Å²) >= 11 is 0. The van der Waals surface area contributed by atoms with Crippen LogP contribution in [-0.2, 0) is 9.59 Å². The second kappa shape index (κ2) is 4.66. The highest BCUT2D eigenvalue weighted by Crippen LogP contribution is 2.04. The van der Waals surface area contributed by atoms with Crippen LogP contribution in [0.3, 0.4) is 0 Å². The molecular formula is C9H13N3O2. The van der Waals surface area contributed by atoms with Crippen molar-refractivity contribution in [2.24, 2.45) is 4.99 Å². The fourth-order valence-corrected chi connectivity index (χ4v) is 1.19. The van der Waals surface area contributed by atoms with E-state index in [4.69, 9.17) is 0 Å². The monoisotopic (exact) mass is 195 g/mol. The number of aliphatic imine (C=N–C) groups is 1. The van der Waals surface area contributed by atoms with E-state index in [1.54, 1.807) is 0 Å². The van der Waals surface area contributed by atoms with Gasteiger partial charge in [0.2, 0.25) is 11.8 Å². The summed E-state index contributed by atoms with van der Waals surface area (Å²) < 4.78 is 0. The Morgan fingerprint density at radius 3 is 2.93 bits per heavy atom. The lowest BCUT2D eigenvalue weighted by Gasteiger charge is -2.21. The van der Waals surface area contributed by atoms with Gasteiger partial charge < -0.3 is 5.32 Å². The summed E-state index contributed by atoms with van der Waals surface area (Å²) in [5.41, 5.74) is 0.578. The van der Waals surface area contributed by atoms with Crippen LogP contribution in [0, 0.1) is 0 Å². The number of imide groups is 1. The molecule has 5 nitrogen and oxygen atoms in total. The molecule has 5 heteroatoms. The summed E-state index contributed by atoms with van der Waals surface area (Å²) in [6.45, 7) is 7.33. The zero-order valence-electron chi connectivity index (χ0n) is 7.88. The van der Waals surface area contributed by atoms with Crippen molar-refractivity contribution in [2.75, 3.05) is 6.54 Å². The zero-order chi connectivity index (χ0) is 10.6. The average Bonchev–Trinajstić information content (AvgIpc) is 2.16. The number of hydrogen-bond acceptors (Lipinski definition) is 4. The van der Waals surface area contributed by atoms with Crippen LogP contribution in [0.2, 0.25) is 0 Å². The highest BCUT2D eigenvalue weighted by molar-refractivity contribution is 6.00. The number of rotatable bonds is 4. The first kappa shape index (κ1) is 10.6. The summed E-state index contributed by atoms with van der Waals surface area (Å²) in [5.74, 6) is -0.494. The molecule has 1 rings (SSSR count). The number of carbonyl (C=O) groups is 2. The minimum absolute atomic E-state index is 0.214. The van der Waals surface area contributed by atoms with Gasteiger partial charge in [0, 0.05) is 18.7 Å². The van der Waals surface area contributed by atoms with Crippen molar-refractivity contribution < 1.29 is 9.59 Å². The lowest BCUT2D eigenvalue weighted by atomic mass is 10.1. The first-order valence-electron chi connectivity index (χ1n) is 4.35. The van der Waals surface area contributed by atoms with E-state index in [-0.39, 0.29) is 17.9 Å². The molecule has 1 fully saturated rings. The number of nitrogens with zero attached hydrogens (tertiary/aromatic N) is 1. The normalized spacial score (nSPS) is 21.6. The third kappa shape index (κ3) is 2.77. The second-order valence-corrected chi connectivity index (χ2v) is 3.11. The number of hydrogen-bond donors (Lipinski definition) is 2. The maximum absolute atomic E-state index is 11.2. The molecule has 0 radical (unpaired) electrons. The van der Waals surface area contributed by atoms with Crippen LogP contribution in [0.4, 0.5) is 0 Å². The van der Waals surface area contributed by atoms with Crippen LogP contribution in [-0.4, -0.2) is 31.1 Å². The number of nitrogens with one attached hydrogen (secondary N) is 2. The van der Waals surface area contributed by atoms with Gasteiger partial charge in [-0.3, -0.25) is 19.9 Å². The summed E-state index contributed by atoms with van der Waals surface area (Å²) in [5, 5.41) is 5.20. The second-order valence-electron chi connectivity index (χ2n) is 3.11. The van der Waals surface area contributed by atoms with Gasteiger partial charge in [0.05, 0.1) is 6.04 Å². The van der Waals surface area contributed by atoms with Crippen LogP contribution >= 0.6 is 0 Å². The van der Waals surface area contributed by atoms with E-state index in [0.717, 1.165) is 0 Å². The molecule has 0 aromatic heterocycles. The third-order valence-corrected chi connectivity index (χ3v) is 2.02. The molecule has 1 aliphatic heterocycles. The number of piperidine rings is 1. The molecule has 14 heavy (non-hydrogen) atoms. The van der Waals surface area contributed by atoms with Crippen molar-refractivity contribution in [2.45, 2.75) is 18.9 Å². The van der Waals surface area contributed by atoms with Gasteiger partial charge >= 0.3 is 0 Å². The number of carbonyl (C=O) groups excluding carboxylic acids is 2. The Bertz CT molecular complexity index is 286. The van der Waals surface area contributed by atoms with Gasteiger partial charge in [-0.1, -0.05) is 6.58 Å². The Balaban J connectivity index is 2.38. The minimum atomic E-state index is -0.328. The summed E-state index contributed by atoms with van der Waals surface area (Å²) in [6.07, 6.45) is 0.895. The maximum Gasteiger partial charge on any atom is 0.243 e. The third-order valence-electron chi connectivity index (χ3n) is 2.02. The van der Waals surface area contributed by atoms with Crippen LogP contribution in [0.5, 0.6) is 0 Å². The molecule has 76 valence electrons. The van der Waals surface area contributed by atoms with E-state index in [9.17, 15) is 9.59 Å². The fourth-order valence-electron chi connectivity index (χ4n) is 1.19. The SMILES string of the molecule is C=NC(=C)CNC1CCC(=O)NC1=O. The summed E-state index contributed by atoms with van der Waals surface area (Å²) in [7, 11) is 0.